The van der Waals surface area contributed by atoms with E-state index in [9.17, 15) is 0 Å². The topological polar surface area (TPSA) is 0 Å². The highest BCUT2D eigenvalue weighted by Gasteiger charge is 2.47. The van der Waals surface area contributed by atoms with Crippen LogP contribution in [0.15, 0.2) is 0 Å². The van der Waals surface area contributed by atoms with Crippen LogP contribution in [0.5, 0.6) is 0 Å². The molecule has 0 aromatic rings. The molecule has 12 atom stereocenters. The second-order valence-electron chi connectivity index (χ2n) is 14.2. The summed E-state index contributed by atoms with van der Waals surface area (Å²) in [5.74, 6) is 13.6. The van der Waals surface area contributed by atoms with Gasteiger partial charge in [-0.3, -0.25) is 0 Å². The van der Waals surface area contributed by atoms with Crippen LogP contribution in [0.4, 0.5) is 0 Å². The summed E-state index contributed by atoms with van der Waals surface area (Å²) in [6, 6.07) is 0. The summed E-state index contributed by atoms with van der Waals surface area (Å²) < 4.78 is 0. The van der Waals surface area contributed by atoms with Gasteiger partial charge in [0.25, 0.3) is 0 Å². The fourth-order valence-corrected chi connectivity index (χ4v) is 10.1. The zero-order valence-corrected chi connectivity index (χ0v) is 23.2. The summed E-state index contributed by atoms with van der Waals surface area (Å²) in [4.78, 5) is 0. The molecule has 4 aliphatic rings. The maximum Gasteiger partial charge on any atom is 0.106 e. The largest absolute Gasteiger partial charge is 0.106 e. The van der Waals surface area contributed by atoms with Crippen LogP contribution in [0.2, 0.25) is 5.82 Å². The zero-order chi connectivity index (χ0) is 23.2. The third-order valence-electron chi connectivity index (χ3n) is 13.2. The molecule has 0 amide bonds. The second-order valence-corrected chi connectivity index (χ2v) is 14.2. The molecular formula is C31H57B. The van der Waals surface area contributed by atoms with Crippen LogP contribution >= 0.6 is 0 Å². The SMILES string of the molecule is BC1C(C)C(C2CCC(C)C(C)C2C)CCC1C1CCC(C2CCC(C)CC2)C(C)C1C. The lowest BCUT2D eigenvalue weighted by molar-refractivity contribution is -0.0135. The van der Waals surface area contributed by atoms with Crippen LogP contribution in [-0.4, -0.2) is 7.85 Å². The van der Waals surface area contributed by atoms with Crippen molar-refractivity contribution < 1.29 is 0 Å². The van der Waals surface area contributed by atoms with Gasteiger partial charge in [0.1, 0.15) is 7.85 Å². The van der Waals surface area contributed by atoms with Gasteiger partial charge in [-0.2, -0.15) is 0 Å². The van der Waals surface area contributed by atoms with E-state index in [0.717, 1.165) is 82.8 Å². The minimum atomic E-state index is 0.924. The Morgan fingerprint density at radius 3 is 1.50 bits per heavy atom. The molecule has 32 heavy (non-hydrogen) atoms. The highest BCUT2D eigenvalue weighted by molar-refractivity contribution is 6.12. The average Bonchev–Trinajstić information content (AvgIpc) is 2.78. The Morgan fingerprint density at radius 2 is 0.844 bits per heavy atom. The van der Waals surface area contributed by atoms with Crippen molar-refractivity contribution in [2.45, 2.75) is 118 Å². The summed E-state index contributed by atoms with van der Waals surface area (Å²) in [5.41, 5.74) is 0. The monoisotopic (exact) mass is 440 g/mol. The molecule has 0 aliphatic heterocycles. The number of rotatable bonds is 3. The molecule has 0 N–H and O–H groups in total. The molecule has 0 nitrogen and oxygen atoms in total. The van der Waals surface area contributed by atoms with Crippen LogP contribution in [0.1, 0.15) is 113 Å². The van der Waals surface area contributed by atoms with Crippen molar-refractivity contribution >= 4 is 7.85 Å². The van der Waals surface area contributed by atoms with Crippen molar-refractivity contribution in [3.63, 3.8) is 0 Å². The molecule has 4 saturated carbocycles. The molecule has 0 aromatic carbocycles. The fraction of sp³-hybridized carbons (Fsp3) is 1.00. The highest BCUT2D eigenvalue weighted by atomic mass is 14.5. The van der Waals surface area contributed by atoms with Gasteiger partial charge in [0, 0.05) is 0 Å². The Balaban J connectivity index is 1.38. The predicted octanol–water partition coefficient (Wildman–Crippen LogP) is 8.51. The van der Waals surface area contributed by atoms with E-state index in [0.29, 0.717) is 0 Å². The van der Waals surface area contributed by atoms with E-state index in [2.05, 4.69) is 56.3 Å². The second kappa shape index (κ2) is 10.4. The smallest absolute Gasteiger partial charge is 0.0639 e. The van der Waals surface area contributed by atoms with Crippen LogP contribution in [0, 0.1) is 76.9 Å². The lowest BCUT2D eigenvalue weighted by Crippen LogP contribution is -2.45. The molecule has 0 spiro atoms. The van der Waals surface area contributed by atoms with E-state index < -0.39 is 0 Å². The van der Waals surface area contributed by atoms with Crippen LogP contribution in [0.3, 0.4) is 0 Å². The van der Waals surface area contributed by atoms with E-state index in [4.69, 9.17) is 0 Å². The van der Waals surface area contributed by atoms with Crippen molar-refractivity contribution in [2.75, 3.05) is 0 Å². The van der Waals surface area contributed by atoms with E-state index >= 15 is 0 Å². The molecule has 12 unspecified atom stereocenters. The molecule has 0 radical (unpaired) electrons. The van der Waals surface area contributed by atoms with Crippen molar-refractivity contribution in [3.8, 4) is 0 Å². The van der Waals surface area contributed by atoms with Gasteiger partial charge in [-0.05, 0) is 115 Å². The van der Waals surface area contributed by atoms with E-state index in [1.165, 1.54) is 51.4 Å². The van der Waals surface area contributed by atoms with Gasteiger partial charge in [0.05, 0.1) is 0 Å². The summed E-state index contributed by atoms with van der Waals surface area (Å²) in [6.45, 7) is 18.1. The van der Waals surface area contributed by atoms with Crippen molar-refractivity contribution in [1.29, 1.82) is 0 Å². The lowest BCUT2D eigenvalue weighted by Gasteiger charge is -2.53. The first-order chi connectivity index (χ1) is 15.2. The van der Waals surface area contributed by atoms with Gasteiger partial charge in [0.15, 0.2) is 0 Å². The Kier molecular flexibility index (Phi) is 8.15. The third kappa shape index (κ3) is 4.76. The van der Waals surface area contributed by atoms with Gasteiger partial charge in [-0.15, -0.1) is 0 Å². The standard InChI is InChI=1S/C31H57B/c1-18-8-11-25(12-9-18)26-14-15-28(23(6)22(26)5)30-17-16-29(24(7)31(30)32)27-13-10-19(2)20(3)21(27)4/h18-31H,8-17,32H2,1-7H3. The highest BCUT2D eigenvalue weighted by Crippen LogP contribution is 2.56. The molecule has 4 aliphatic carbocycles. The molecule has 0 saturated heterocycles. The Morgan fingerprint density at radius 1 is 0.406 bits per heavy atom. The number of hydrogen-bond donors (Lipinski definition) is 0. The summed E-state index contributed by atoms with van der Waals surface area (Å²) in [5, 5.41) is 0. The first-order valence-corrected chi connectivity index (χ1v) is 15.2. The molecule has 0 bridgehead atoms. The maximum atomic E-state index is 2.67. The molecule has 184 valence electrons. The zero-order valence-electron chi connectivity index (χ0n) is 23.2. The molecule has 0 heterocycles. The average molecular weight is 441 g/mol. The van der Waals surface area contributed by atoms with Gasteiger partial charge in [0.2, 0.25) is 0 Å². The lowest BCUT2D eigenvalue weighted by atomic mass is 9.48. The molecule has 4 rings (SSSR count). The van der Waals surface area contributed by atoms with Crippen LogP contribution < -0.4 is 0 Å². The Bertz CT molecular complexity index is 591. The predicted molar refractivity (Wildman–Crippen MR) is 144 cm³/mol. The van der Waals surface area contributed by atoms with Crippen molar-refractivity contribution in [1.82, 2.24) is 0 Å². The van der Waals surface area contributed by atoms with E-state index in [-0.39, 0.29) is 0 Å². The Labute approximate surface area is 203 Å². The van der Waals surface area contributed by atoms with Gasteiger partial charge >= 0.3 is 0 Å². The minimum absolute atomic E-state index is 0.924. The first kappa shape index (κ1) is 25.2. The maximum absolute atomic E-state index is 2.67. The van der Waals surface area contributed by atoms with Gasteiger partial charge in [-0.25, -0.2) is 0 Å². The molecule has 1 heteroatoms. The van der Waals surface area contributed by atoms with E-state index in [1.807, 2.05) is 0 Å². The minimum Gasteiger partial charge on any atom is -0.0639 e. The summed E-state index contributed by atoms with van der Waals surface area (Å²) in [7, 11) is 2.67. The van der Waals surface area contributed by atoms with Crippen molar-refractivity contribution in [2.24, 2.45) is 76.9 Å². The van der Waals surface area contributed by atoms with Crippen LogP contribution in [-0.2, 0) is 0 Å². The first-order valence-electron chi connectivity index (χ1n) is 15.2. The molecular weight excluding hydrogens is 383 g/mol. The van der Waals surface area contributed by atoms with Gasteiger partial charge in [-0.1, -0.05) is 80.0 Å². The quantitative estimate of drug-likeness (QED) is 0.386. The van der Waals surface area contributed by atoms with E-state index in [1.54, 1.807) is 12.8 Å². The third-order valence-corrected chi connectivity index (χ3v) is 13.2. The molecule has 0 aromatic heterocycles. The van der Waals surface area contributed by atoms with Gasteiger partial charge < -0.3 is 0 Å². The molecule has 4 fully saturated rings. The Hall–Kier alpha value is 0.0649. The van der Waals surface area contributed by atoms with Crippen LogP contribution in [0.25, 0.3) is 0 Å². The summed E-state index contributed by atoms with van der Waals surface area (Å²) in [6.07, 6.45) is 15.2. The summed E-state index contributed by atoms with van der Waals surface area (Å²) >= 11 is 0. The fourth-order valence-electron chi connectivity index (χ4n) is 10.1. The normalized spacial score (nSPS) is 55.5. The van der Waals surface area contributed by atoms with Crippen molar-refractivity contribution in [3.05, 3.63) is 0 Å². The number of hydrogen-bond acceptors (Lipinski definition) is 0.